The number of aliphatic hydroxyl groups excluding tert-OH is 1. The van der Waals surface area contributed by atoms with E-state index in [9.17, 15) is 19.6 Å². The molecule has 0 saturated carbocycles. The highest BCUT2D eigenvalue weighted by molar-refractivity contribution is 6.30. The summed E-state index contributed by atoms with van der Waals surface area (Å²) in [5, 5.41) is 20.5. The van der Waals surface area contributed by atoms with Gasteiger partial charge in [-0.3, -0.25) is 10.1 Å². The number of benzene rings is 2. The SMILES string of the molecule is C[C@@H](O)c1ccc(Oc2cc(Cl)ccc2[N+](=O)[O-])c(F)c1. The third kappa shape index (κ3) is 3.48. The molecule has 110 valence electrons. The van der Waals surface area contributed by atoms with E-state index in [2.05, 4.69) is 0 Å². The predicted octanol–water partition coefficient (Wildman–Crippen LogP) is 4.23. The molecule has 0 radical (unpaired) electrons. The third-order valence-corrected chi connectivity index (χ3v) is 3.01. The maximum atomic E-state index is 13.9. The van der Waals surface area contributed by atoms with Gasteiger partial charge in [-0.1, -0.05) is 17.7 Å². The highest BCUT2D eigenvalue weighted by atomic mass is 35.5. The van der Waals surface area contributed by atoms with E-state index >= 15 is 0 Å². The van der Waals surface area contributed by atoms with Crippen LogP contribution in [0.3, 0.4) is 0 Å². The lowest BCUT2D eigenvalue weighted by Crippen LogP contribution is -1.97. The van der Waals surface area contributed by atoms with Gasteiger partial charge in [0, 0.05) is 17.2 Å². The van der Waals surface area contributed by atoms with Crippen LogP contribution in [0, 0.1) is 15.9 Å². The van der Waals surface area contributed by atoms with Crippen LogP contribution >= 0.6 is 11.6 Å². The van der Waals surface area contributed by atoms with Crippen LogP contribution < -0.4 is 4.74 Å². The highest BCUT2D eigenvalue weighted by Gasteiger charge is 2.18. The third-order valence-electron chi connectivity index (χ3n) is 2.78. The Morgan fingerprint density at radius 1 is 1.29 bits per heavy atom. The van der Waals surface area contributed by atoms with Crippen LogP contribution in [0.1, 0.15) is 18.6 Å². The monoisotopic (exact) mass is 311 g/mol. The first-order valence-corrected chi connectivity index (χ1v) is 6.35. The number of hydrogen-bond acceptors (Lipinski definition) is 4. The van der Waals surface area contributed by atoms with Crippen molar-refractivity contribution in [3.05, 3.63) is 62.9 Å². The molecule has 2 aromatic rings. The minimum absolute atomic E-state index is 0.156. The van der Waals surface area contributed by atoms with E-state index in [1.54, 1.807) is 0 Å². The molecule has 0 amide bonds. The second-order valence-corrected chi connectivity index (χ2v) is 4.77. The molecule has 0 bridgehead atoms. The second kappa shape index (κ2) is 6.07. The van der Waals surface area contributed by atoms with Crippen molar-refractivity contribution in [2.45, 2.75) is 13.0 Å². The quantitative estimate of drug-likeness (QED) is 0.677. The zero-order valence-corrected chi connectivity index (χ0v) is 11.7. The van der Waals surface area contributed by atoms with E-state index in [-0.39, 0.29) is 22.2 Å². The number of aliphatic hydroxyl groups is 1. The lowest BCUT2D eigenvalue weighted by Gasteiger charge is -2.10. The average molecular weight is 312 g/mol. The van der Waals surface area contributed by atoms with E-state index in [1.165, 1.54) is 37.3 Å². The first-order chi connectivity index (χ1) is 9.88. The molecule has 2 aromatic carbocycles. The molecule has 0 aromatic heterocycles. The Hall–Kier alpha value is -2.18. The first-order valence-electron chi connectivity index (χ1n) is 5.98. The normalized spacial score (nSPS) is 12.0. The topological polar surface area (TPSA) is 72.6 Å². The molecule has 21 heavy (non-hydrogen) atoms. The molecule has 0 fully saturated rings. The van der Waals surface area contributed by atoms with Crippen molar-refractivity contribution in [2.24, 2.45) is 0 Å². The summed E-state index contributed by atoms with van der Waals surface area (Å²) in [6.45, 7) is 1.50. The standard InChI is InChI=1S/C14H11ClFNO4/c1-8(18)9-2-5-13(11(16)6-9)21-14-7-10(15)3-4-12(14)17(19)20/h2-8,18H,1H3/t8-/m1/s1. The lowest BCUT2D eigenvalue weighted by molar-refractivity contribution is -0.385. The summed E-state index contributed by atoms with van der Waals surface area (Å²) in [7, 11) is 0. The molecule has 7 heteroatoms. The number of rotatable bonds is 4. The van der Waals surface area contributed by atoms with Gasteiger partial charge in [0.15, 0.2) is 11.6 Å². The van der Waals surface area contributed by atoms with Crippen molar-refractivity contribution in [3.63, 3.8) is 0 Å². The summed E-state index contributed by atoms with van der Waals surface area (Å²) in [5.41, 5.74) is 0.0545. The maximum absolute atomic E-state index is 13.9. The molecular weight excluding hydrogens is 301 g/mol. The summed E-state index contributed by atoms with van der Waals surface area (Å²) in [5.74, 6) is -1.08. The van der Waals surface area contributed by atoms with Gasteiger partial charge in [0.1, 0.15) is 0 Å². The Kier molecular flexibility index (Phi) is 4.40. The second-order valence-electron chi connectivity index (χ2n) is 4.34. The number of ether oxygens (including phenoxy) is 1. The van der Waals surface area contributed by atoms with Crippen LogP contribution in [0.25, 0.3) is 0 Å². The van der Waals surface area contributed by atoms with E-state index in [1.807, 2.05) is 0 Å². The van der Waals surface area contributed by atoms with Gasteiger partial charge in [-0.2, -0.15) is 0 Å². The molecule has 0 aliphatic carbocycles. The molecule has 5 nitrogen and oxygen atoms in total. The molecule has 0 spiro atoms. The van der Waals surface area contributed by atoms with Gasteiger partial charge in [-0.15, -0.1) is 0 Å². The summed E-state index contributed by atoms with van der Waals surface area (Å²) in [6.07, 6.45) is -0.825. The van der Waals surface area contributed by atoms with Gasteiger partial charge in [-0.25, -0.2) is 4.39 Å². The van der Waals surface area contributed by atoms with Crippen molar-refractivity contribution in [3.8, 4) is 11.5 Å². The molecule has 2 rings (SSSR count). The zero-order valence-electron chi connectivity index (χ0n) is 10.9. The average Bonchev–Trinajstić information content (AvgIpc) is 2.40. The minimum atomic E-state index is -0.825. The minimum Gasteiger partial charge on any atom is -0.447 e. The molecule has 0 aliphatic rings. The smallest absolute Gasteiger partial charge is 0.311 e. The maximum Gasteiger partial charge on any atom is 0.311 e. The summed E-state index contributed by atoms with van der Waals surface area (Å²) in [6, 6.07) is 7.64. The molecule has 1 N–H and O–H groups in total. The molecule has 1 atom stereocenters. The summed E-state index contributed by atoms with van der Waals surface area (Å²) in [4.78, 5) is 10.3. The largest absolute Gasteiger partial charge is 0.447 e. The van der Waals surface area contributed by atoms with Crippen LogP contribution in [0.15, 0.2) is 36.4 Å². The van der Waals surface area contributed by atoms with Gasteiger partial charge >= 0.3 is 5.69 Å². The molecule has 0 unspecified atom stereocenters. The molecule has 0 saturated heterocycles. The van der Waals surface area contributed by atoms with Gasteiger partial charge in [0.2, 0.25) is 5.75 Å². The number of halogens is 2. The van der Waals surface area contributed by atoms with Crippen molar-refractivity contribution in [1.29, 1.82) is 0 Å². The number of nitro benzene ring substituents is 1. The van der Waals surface area contributed by atoms with E-state index in [4.69, 9.17) is 16.3 Å². The summed E-state index contributed by atoms with van der Waals surface area (Å²) < 4.78 is 19.1. The van der Waals surface area contributed by atoms with Gasteiger partial charge < -0.3 is 9.84 Å². The van der Waals surface area contributed by atoms with Crippen LogP contribution in [0.4, 0.5) is 10.1 Å². The predicted molar refractivity (Wildman–Crippen MR) is 75.2 cm³/mol. The van der Waals surface area contributed by atoms with Crippen LogP contribution in [-0.4, -0.2) is 10.0 Å². The number of hydrogen-bond donors (Lipinski definition) is 1. The fourth-order valence-electron chi connectivity index (χ4n) is 1.70. The number of nitrogens with zero attached hydrogens (tertiary/aromatic N) is 1. The Bertz CT molecular complexity index is 691. The molecular formula is C14H11ClFNO4. The fraction of sp³-hybridized carbons (Fsp3) is 0.143. The number of nitro groups is 1. The van der Waals surface area contributed by atoms with E-state index in [0.717, 1.165) is 6.07 Å². The van der Waals surface area contributed by atoms with Crippen LogP contribution in [0.5, 0.6) is 11.5 Å². The van der Waals surface area contributed by atoms with Crippen LogP contribution in [0.2, 0.25) is 5.02 Å². The highest BCUT2D eigenvalue weighted by Crippen LogP contribution is 2.35. The Morgan fingerprint density at radius 3 is 2.57 bits per heavy atom. The van der Waals surface area contributed by atoms with E-state index in [0.29, 0.717) is 5.56 Å². The van der Waals surface area contributed by atoms with Crippen molar-refractivity contribution < 1.29 is 19.2 Å². The van der Waals surface area contributed by atoms with Crippen LogP contribution in [-0.2, 0) is 0 Å². The van der Waals surface area contributed by atoms with Gasteiger partial charge in [0.05, 0.1) is 11.0 Å². The Morgan fingerprint density at radius 2 is 2.00 bits per heavy atom. The molecule has 0 aliphatic heterocycles. The summed E-state index contributed by atoms with van der Waals surface area (Å²) >= 11 is 5.76. The molecule has 0 heterocycles. The van der Waals surface area contributed by atoms with Crippen molar-refractivity contribution >= 4 is 17.3 Å². The first kappa shape index (κ1) is 15.2. The Balaban J connectivity index is 2.38. The zero-order chi connectivity index (χ0) is 15.6. The lowest BCUT2D eigenvalue weighted by atomic mass is 10.1. The van der Waals surface area contributed by atoms with E-state index < -0.39 is 16.8 Å². The van der Waals surface area contributed by atoms with Crippen molar-refractivity contribution in [2.75, 3.05) is 0 Å². The van der Waals surface area contributed by atoms with Gasteiger partial charge in [-0.05, 0) is 30.7 Å². The fourth-order valence-corrected chi connectivity index (χ4v) is 1.86. The van der Waals surface area contributed by atoms with Gasteiger partial charge in [0.25, 0.3) is 0 Å². The van der Waals surface area contributed by atoms with Crippen molar-refractivity contribution in [1.82, 2.24) is 0 Å². The Labute approximate surface area is 124 Å².